The van der Waals surface area contributed by atoms with E-state index in [1.165, 1.54) is 18.7 Å². The van der Waals surface area contributed by atoms with Crippen LogP contribution < -0.4 is 0 Å². The fourth-order valence-corrected chi connectivity index (χ4v) is 4.07. The van der Waals surface area contributed by atoms with Gasteiger partial charge in [-0.15, -0.1) is 5.69 Å². The van der Waals surface area contributed by atoms with Crippen LogP contribution in [0.2, 0.25) is 0 Å². The molecule has 0 N–H and O–H groups in total. The van der Waals surface area contributed by atoms with Gasteiger partial charge < -0.3 is 24.4 Å². The SMILES string of the molecule is CC(C)(C)OC(=O)N1CC2(CC(c3ccc([N-]OCc4cnco4)cc3F)C2)C1.[Y]. The van der Waals surface area contributed by atoms with Gasteiger partial charge in [-0.2, -0.15) is 0 Å². The average Bonchev–Trinajstić information content (AvgIpc) is 3.05. The van der Waals surface area contributed by atoms with Gasteiger partial charge in [0, 0.05) is 51.2 Å². The topological polar surface area (TPSA) is 78.9 Å². The Hall–Kier alpha value is -1.51. The summed E-state index contributed by atoms with van der Waals surface area (Å²) in [6, 6.07) is 4.90. The Morgan fingerprint density at radius 3 is 2.70 bits per heavy atom. The summed E-state index contributed by atoms with van der Waals surface area (Å²) in [5.74, 6) is 0.434. The van der Waals surface area contributed by atoms with Crippen molar-refractivity contribution in [2.45, 2.75) is 51.7 Å². The first-order valence-electron chi connectivity index (χ1n) is 9.71. The first-order valence-corrected chi connectivity index (χ1v) is 9.71. The minimum atomic E-state index is -0.490. The Kier molecular flexibility index (Phi) is 6.89. The van der Waals surface area contributed by atoms with Gasteiger partial charge in [0.15, 0.2) is 6.39 Å². The number of hydrogen-bond acceptors (Lipinski definition) is 5. The molecular weight excluding hydrogens is 466 g/mol. The molecule has 1 aliphatic carbocycles. The van der Waals surface area contributed by atoms with Gasteiger partial charge in [-0.05, 0) is 51.2 Å². The van der Waals surface area contributed by atoms with Crippen molar-refractivity contribution in [1.82, 2.24) is 9.88 Å². The quantitative estimate of drug-likeness (QED) is 0.547. The van der Waals surface area contributed by atoms with Gasteiger partial charge in [-0.1, -0.05) is 12.1 Å². The zero-order valence-corrected chi connectivity index (χ0v) is 20.3. The molecule has 1 aliphatic heterocycles. The van der Waals surface area contributed by atoms with Crippen molar-refractivity contribution in [3.63, 3.8) is 0 Å². The predicted octanol–water partition coefficient (Wildman–Crippen LogP) is 5.06. The predicted molar refractivity (Wildman–Crippen MR) is 103 cm³/mol. The number of ether oxygens (including phenoxy) is 1. The van der Waals surface area contributed by atoms with Crippen molar-refractivity contribution in [3.8, 4) is 0 Å². The van der Waals surface area contributed by atoms with E-state index < -0.39 is 5.60 Å². The molecule has 1 aromatic carbocycles. The summed E-state index contributed by atoms with van der Waals surface area (Å²) in [4.78, 5) is 22.8. The molecule has 30 heavy (non-hydrogen) atoms. The van der Waals surface area contributed by atoms with Crippen LogP contribution >= 0.6 is 0 Å². The third kappa shape index (κ3) is 5.21. The van der Waals surface area contributed by atoms with Crippen molar-refractivity contribution in [2.75, 3.05) is 13.1 Å². The summed E-state index contributed by atoms with van der Waals surface area (Å²) in [5, 5.41) is 0. The molecule has 0 atom stereocenters. The molecule has 0 bridgehead atoms. The zero-order chi connectivity index (χ0) is 20.6. The Balaban J connectivity index is 0.00000256. The Morgan fingerprint density at radius 1 is 1.37 bits per heavy atom. The summed E-state index contributed by atoms with van der Waals surface area (Å²) in [6.07, 6.45) is 4.33. The molecule has 1 saturated heterocycles. The number of hydrogen-bond donors (Lipinski definition) is 0. The minimum Gasteiger partial charge on any atom is -0.561 e. The van der Waals surface area contributed by atoms with Crippen LogP contribution in [-0.2, 0) is 48.9 Å². The van der Waals surface area contributed by atoms with Gasteiger partial charge >= 0.3 is 6.09 Å². The van der Waals surface area contributed by atoms with Crippen molar-refractivity contribution >= 4 is 11.8 Å². The van der Waals surface area contributed by atoms with E-state index in [0.29, 0.717) is 30.1 Å². The van der Waals surface area contributed by atoms with Gasteiger partial charge in [0.25, 0.3) is 0 Å². The molecule has 2 aliphatic rings. The van der Waals surface area contributed by atoms with E-state index >= 15 is 0 Å². The van der Waals surface area contributed by atoms with Crippen molar-refractivity contribution in [1.29, 1.82) is 0 Å². The molecule has 2 fully saturated rings. The van der Waals surface area contributed by atoms with Gasteiger partial charge in [0.05, 0.1) is 12.8 Å². The van der Waals surface area contributed by atoms with E-state index in [9.17, 15) is 9.18 Å². The normalized spacial score (nSPS) is 17.7. The number of amides is 1. The molecule has 9 heteroatoms. The smallest absolute Gasteiger partial charge is 0.410 e. The summed E-state index contributed by atoms with van der Waals surface area (Å²) in [5.41, 5.74) is 4.64. The van der Waals surface area contributed by atoms with Crippen LogP contribution in [0, 0.1) is 11.2 Å². The minimum absolute atomic E-state index is 0. The van der Waals surface area contributed by atoms with Crippen LogP contribution in [0.3, 0.4) is 0 Å². The van der Waals surface area contributed by atoms with Gasteiger partial charge in [-0.25, -0.2) is 14.2 Å². The monoisotopic (exact) mass is 491 g/mol. The molecule has 1 spiro atoms. The van der Waals surface area contributed by atoms with Crippen molar-refractivity contribution in [2.24, 2.45) is 5.41 Å². The molecule has 1 aromatic heterocycles. The number of benzene rings is 1. The number of carbonyl (C=O) groups excluding carboxylic acids is 1. The summed E-state index contributed by atoms with van der Waals surface area (Å²) in [6.45, 7) is 7.09. The Labute approximate surface area is 200 Å². The third-order valence-corrected chi connectivity index (χ3v) is 5.35. The number of oxazole rings is 1. The molecule has 7 nitrogen and oxygen atoms in total. The van der Waals surface area contributed by atoms with E-state index in [1.54, 1.807) is 17.0 Å². The maximum atomic E-state index is 14.6. The number of carbonyl (C=O) groups is 1. The Morgan fingerprint density at radius 2 is 2.10 bits per heavy atom. The van der Waals surface area contributed by atoms with Crippen LogP contribution in [0.1, 0.15) is 50.9 Å². The standard InChI is InChI=1S/C21H25FN3O4.Y/c1-20(2,3)29-19(26)25-11-21(12-25)7-14(8-21)17-5-4-15(6-18(17)22)24-28-10-16-9-23-13-27-16;/h4-6,9,13-14H,7-8,10-12H2,1-3H3;/q-1;. The number of nitrogens with zero attached hydrogens (tertiary/aromatic N) is 3. The zero-order valence-electron chi connectivity index (χ0n) is 17.4. The first-order chi connectivity index (χ1) is 13.7. The number of rotatable bonds is 5. The second-order valence-electron chi connectivity index (χ2n) is 8.98. The van der Waals surface area contributed by atoms with Crippen LogP contribution in [-0.4, -0.2) is 34.7 Å². The van der Waals surface area contributed by atoms with E-state index in [1.807, 2.05) is 20.8 Å². The molecule has 0 unspecified atom stereocenters. The summed E-state index contributed by atoms with van der Waals surface area (Å²) >= 11 is 0. The first kappa shape index (κ1) is 23.2. The van der Waals surface area contributed by atoms with Crippen molar-refractivity contribution in [3.05, 3.63) is 53.4 Å². The largest absolute Gasteiger partial charge is 0.561 e. The van der Waals surface area contributed by atoms with Crippen LogP contribution in [0.4, 0.5) is 14.9 Å². The number of likely N-dealkylation sites (tertiary alicyclic amines) is 1. The summed E-state index contributed by atoms with van der Waals surface area (Å²) in [7, 11) is 0. The molecule has 1 amide bonds. The van der Waals surface area contributed by atoms with Crippen LogP contribution in [0.15, 0.2) is 35.2 Å². The van der Waals surface area contributed by atoms with Gasteiger partial charge in [0.1, 0.15) is 17.2 Å². The van der Waals surface area contributed by atoms with Crippen LogP contribution in [0.25, 0.3) is 5.48 Å². The third-order valence-electron chi connectivity index (χ3n) is 5.35. The summed E-state index contributed by atoms with van der Waals surface area (Å²) < 4.78 is 25.0. The maximum absolute atomic E-state index is 14.6. The number of aromatic nitrogens is 1. The van der Waals surface area contributed by atoms with Gasteiger partial charge in [0.2, 0.25) is 0 Å². The number of halogens is 1. The molecule has 4 rings (SSSR count). The fraction of sp³-hybridized carbons (Fsp3) is 0.524. The Bertz CT molecular complexity index is 871. The second kappa shape index (κ2) is 8.93. The molecule has 2 heterocycles. The maximum Gasteiger partial charge on any atom is 0.410 e. The van der Waals surface area contributed by atoms with E-state index in [4.69, 9.17) is 14.0 Å². The van der Waals surface area contributed by atoms with Gasteiger partial charge in [-0.3, -0.25) is 0 Å². The van der Waals surface area contributed by atoms with E-state index in [0.717, 1.165) is 12.8 Å². The van der Waals surface area contributed by atoms with Crippen molar-refractivity contribution < 1.29 is 55.9 Å². The molecule has 1 radical (unpaired) electrons. The van der Waals surface area contributed by atoms with E-state index in [-0.39, 0.29) is 62.6 Å². The molecule has 159 valence electrons. The molecule has 1 saturated carbocycles. The fourth-order valence-electron chi connectivity index (χ4n) is 4.07. The molecular formula is C21H25FN3O4Y-. The second-order valence-corrected chi connectivity index (χ2v) is 8.98. The molecule has 2 aromatic rings. The van der Waals surface area contributed by atoms with E-state index in [2.05, 4.69) is 10.5 Å². The van der Waals surface area contributed by atoms with Crippen LogP contribution in [0.5, 0.6) is 0 Å². The average molecular weight is 491 g/mol.